The van der Waals surface area contributed by atoms with Crippen molar-refractivity contribution in [3.8, 4) is 0 Å². The number of aromatic nitrogens is 1. The molecular weight excluding hydrogens is 240 g/mol. The number of nitrogens with one attached hydrogen (secondary N) is 2. The second-order valence-electron chi connectivity index (χ2n) is 6.21. The smallest absolute Gasteiger partial charge is 0.354 e. The van der Waals surface area contributed by atoms with E-state index in [4.69, 9.17) is 0 Å². The average molecular weight is 264 g/mol. The van der Waals surface area contributed by atoms with Gasteiger partial charge in [0.1, 0.15) is 5.69 Å². The Morgan fingerprint density at radius 1 is 1.42 bits per heavy atom. The number of ether oxygens (including phenoxy) is 1. The largest absolute Gasteiger partial charge is 0.464 e. The van der Waals surface area contributed by atoms with Crippen LogP contribution >= 0.6 is 0 Å². The highest BCUT2D eigenvalue weighted by molar-refractivity contribution is 5.87. The number of esters is 1. The molecule has 1 heterocycles. The van der Waals surface area contributed by atoms with Gasteiger partial charge in [0.05, 0.1) is 7.11 Å². The van der Waals surface area contributed by atoms with Gasteiger partial charge in [0.25, 0.3) is 0 Å². The summed E-state index contributed by atoms with van der Waals surface area (Å²) in [5.41, 5.74) is 2.05. The first kappa shape index (κ1) is 14.1. The van der Waals surface area contributed by atoms with E-state index in [1.54, 1.807) is 6.07 Å². The molecule has 4 heteroatoms. The topological polar surface area (TPSA) is 54.1 Å². The quantitative estimate of drug-likeness (QED) is 0.822. The summed E-state index contributed by atoms with van der Waals surface area (Å²) in [6, 6.07) is 4.30. The Hall–Kier alpha value is -1.29. The van der Waals surface area contributed by atoms with Gasteiger partial charge in [-0.15, -0.1) is 0 Å². The Kier molecular flexibility index (Phi) is 4.30. The highest BCUT2D eigenvalue weighted by Gasteiger charge is 2.26. The van der Waals surface area contributed by atoms with E-state index in [1.165, 1.54) is 32.8 Å². The van der Waals surface area contributed by atoms with Crippen molar-refractivity contribution in [1.82, 2.24) is 10.3 Å². The summed E-state index contributed by atoms with van der Waals surface area (Å²) < 4.78 is 4.68. The summed E-state index contributed by atoms with van der Waals surface area (Å²) in [7, 11) is 1.39. The first-order valence-electron chi connectivity index (χ1n) is 7.00. The molecule has 2 rings (SSSR count). The van der Waals surface area contributed by atoms with E-state index >= 15 is 0 Å². The predicted octanol–water partition coefficient (Wildman–Crippen LogP) is 2.86. The van der Waals surface area contributed by atoms with Gasteiger partial charge >= 0.3 is 5.97 Å². The van der Waals surface area contributed by atoms with E-state index in [0.717, 1.165) is 12.2 Å². The van der Waals surface area contributed by atoms with E-state index in [9.17, 15) is 4.79 Å². The molecular formula is C15H24N2O2. The lowest BCUT2D eigenvalue weighted by Gasteiger charge is -2.34. The van der Waals surface area contributed by atoms with Gasteiger partial charge in [0.2, 0.25) is 0 Å². The molecule has 1 aromatic heterocycles. The van der Waals surface area contributed by atoms with E-state index in [1.807, 2.05) is 6.07 Å². The van der Waals surface area contributed by atoms with Crippen LogP contribution in [0, 0.1) is 5.41 Å². The fraction of sp³-hybridized carbons (Fsp3) is 0.667. The summed E-state index contributed by atoms with van der Waals surface area (Å²) >= 11 is 0. The third-order valence-corrected chi connectivity index (χ3v) is 4.07. The van der Waals surface area contributed by atoms with Gasteiger partial charge in [-0.05, 0) is 43.2 Å². The highest BCUT2D eigenvalue weighted by atomic mass is 16.5. The second kappa shape index (κ2) is 5.78. The molecule has 0 unspecified atom stereocenters. The maximum atomic E-state index is 11.3. The molecule has 0 spiro atoms. The number of aromatic amines is 1. The Bertz CT molecular complexity index is 427. The van der Waals surface area contributed by atoms with Crippen LogP contribution in [0.1, 0.15) is 55.7 Å². The fourth-order valence-corrected chi connectivity index (χ4v) is 2.63. The van der Waals surface area contributed by atoms with E-state index in [-0.39, 0.29) is 5.97 Å². The number of carbonyl (C=O) groups is 1. The molecule has 1 saturated carbocycles. The molecule has 0 aromatic carbocycles. The van der Waals surface area contributed by atoms with Crippen LogP contribution < -0.4 is 5.32 Å². The second-order valence-corrected chi connectivity index (χ2v) is 6.21. The first-order valence-corrected chi connectivity index (χ1v) is 7.00. The summed E-state index contributed by atoms with van der Waals surface area (Å²) in [6.45, 7) is 5.47. The number of carbonyl (C=O) groups excluding carboxylic acids is 1. The molecule has 0 saturated heterocycles. The molecule has 0 amide bonds. The molecule has 1 aromatic rings. The van der Waals surface area contributed by atoms with Crippen molar-refractivity contribution in [3.63, 3.8) is 0 Å². The van der Waals surface area contributed by atoms with Gasteiger partial charge in [-0.3, -0.25) is 0 Å². The molecule has 1 fully saturated rings. The average Bonchev–Trinajstić information content (AvgIpc) is 2.85. The zero-order valence-corrected chi connectivity index (χ0v) is 12.1. The van der Waals surface area contributed by atoms with Crippen molar-refractivity contribution in [1.29, 1.82) is 0 Å². The van der Waals surface area contributed by atoms with Crippen molar-refractivity contribution in [2.45, 2.75) is 52.1 Å². The summed E-state index contributed by atoms with van der Waals surface area (Å²) in [5, 5.41) is 3.56. The zero-order valence-electron chi connectivity index (χ0n) is 12.1. The lowest BCUT2D eigenvalue weighted by atomic mass is 9.75. The number of methoxy groups -OCH3 is 1. The van der Waals surface area contributed by atoms with Gasteiger partial charge < -0.3 is 15.0 Å². The number of H-pyrrole nitrogens is 1. The Balaban J connectivity index is 1.80. The van der Waals surface area contributed by atoms with Crippen LogP contribution in [0.2, 0.25) is 0 Å². The molecule has 1 aliphatic carbocycles. The lowest BCUT2D eigenvalue weighted by molar-refractivity contribution is 0.0594. The van der Waals surface area contributed by atoms with Gasteiger partial charge in [-0.2, -0.15) is 0 Å². The molecule has 0 radical (unpaired) electrons. The molecule has 2 N–H and O–H groups in total. The van der Waals surface area contributed by atoms with E-state index in [0.29, 0.717) is 17.2 Å². The predicted molar refractivity (Wildman–Crippen MR) is 75.0 cm³/mol. The van der Waals surface area contributed by atoms with Crippen LogP contribution in [0.3, 0.4) is 0 Å². The minimum Gasteiger partial charge on any atom is -0.464 e. The van der Waals surface area contributed by atoms with E-state index < -0.39 is 0 Å². The molecule has 0 atom stereocenters. The molecule has 19 heavy (non-hydrogen) atoms. The Morgan fingerprint density at radius 3 is 2.74 bits per heavy atom. The molecule has 0 aliphatic heterocycles. The third kappa shape index (κ3) is 3.83. The third-order valence-electron chi connectivity index (χ3n) is 4.07. The van der Waals surface area contributed by atoms with Crippen molar-refractivity contribution in [2.75, 3.05) is 7.11 Å². The molecule has 4 nitrogen and oxygen atoms in total. The Morgan fingerprint density at radius 2 is 2.11 bits per heavy atom. The van der Waals surface area contributed by atoms with Crippen LogP contribution in [0.25, 0.3) is 0 Å². The van der Waals surface area contributed by atoms with Gasteiger partial charge in [0.15, 0.2) is 0 Å². The number of hydrogen-bond acceptors (Lipinski definition) is 3. The summed E-state index contributed by atoms with van der Waals surface area (Å²) in [5.74, 6) is -0.314. The van der Waals surface area contributed by atoms with Gasteiger partial charge in [-0.25, -0.2) is 4.79 Å². The standard InChI is InChI=1S/C15H24N2O2/c1-15(2)8-6-11(7-9-15)16-10-12-4-5-13(17-12)14(18)19-3/h4-5,11,16-17H,6-10H2,1-3H3. The minimum atomic E-state index is -0.314. The lowest BCUT2D eigenvalue weighted by Crippen LogP contribution is -2.35. The van der Waals surface area contributed by atoms with E-state index in [2.05, 4.69) is 28.9 Å². The van der Waals surface area contributed by atoms with Crippen LogP contribution in [-0.2, 0) is 11.3 Å². The van der Waals surface area contributed by atoms with Crippen LogP contribution in [0.5, 0.6) is 0 Å². The normalized spacial score (nSPS) is 19.3. The van der Waals surface area contributed by atoms with Gasteiger partial charge in [0, 0.05) is 18.3 Å². The van der Waals surface area contributed by atoms with Crippen molar-refractivity contribution < 1.29 is 9.53 Å². The minimum absolute atomic E-state index is 0.314. The highest BCUT2D eigenvalue weighted by Crippen LogP contribution is 2.35. The van der Waals surface area contributed by atoms with Crippen molar-refractivity contribution in [2.24, 2.45) is 5.41 Å². The Labute approximate surface area is 114 Å². The van der Waals surface area contributed by atoms with Crippen LogP contribution in [0.4, 0.5) is 0 Å². The molecule has 106 valence electrons. The summed E-state index contributed by atoms with van der Waals surface area (Å²) in [4.78, 5) is 14.4. The summed E-state index contributed by atoms with van der Waals surface area (Å²) in [6.07, 6.45) is 5.03. The monoisotopic (exact) mass is 264 g/mol. The zero-order chi connectivity index (χ0) is 13.9. The fourth-order valence-electron chi connectivity index (χ4n) is 2.63. The number of hydrogen-bond donors (Lipinski definition) is 2. The SMILES string of the molecule is COC(=O)c1ccc(CNC2CCC(C)(C)CC2)[nH]1. The van der Waals surface area contributed by atoms with Crippen molar-refractivity contribution >= 4 is 5.97 Å². The van der Waals surface area contributed by atoms with Crippen molar-refractivity contribution in [3.05, 3.63) is 23.5 Å². The number of rotatable bonds is 4. The molecule has 0 bridgehead atoms. The van der Waals surface area contributed by atoms with Crippen LogP contribution in [0.15, 0.2) is 12.1 Å². The van der Waals surface area contributed by atoms with Crippen LogP contribution in [-0.4, -0.2) is 24.1 Å². The first-order chi connectivity index (χ1) is 9.00. The molecule has 1 aliphatic rings. The maximum absolute atomic E-state index is 11.3. The van der Waals surface area contributed by atoms with Gasteiger partial charge in [-0.1, -0.05) is 13.8 Å². The maximum Gasteiger partial charge on any atom is 0.354 e.